The van der Waals surface area contributed by atoms with E-state index in [1.807, 2.05) is 4.90 Å². The highest BCUT2D eigenvalue weighted by Crippen LogP contribution is 2.35. The van der Waals surface area contributed by atoms with E-state index in [1.54, 1.807) is 11.3 Å². The van der Waals surface area contributed by atoms with Gasteiger partial charge in [0.1, 0.15) is 16.5 Å². The predicted molar refractivity (Wildman–Crippen MR) is 86.1 cm³/mol. The van der Waals surface area contributed by atoms with E-state index in [2.05, 4.69) is 30.7 Å². The number of hydrogen-bond donors (Lipinski definition) is 0. The number of nitrogens with zero attached hydrogens (tertiary/aromatic N) is 4. The van der Waals surface area contributed by atoms with Crippen molar-refractivity contribution in [1.82, 2.24) is 14.9 Å². The number of carbonyl (C=O) groups excluding carboxylic acids is 1. The third-order valence-corrected chi connectivity index (χ3v) is 5.24. The van der Waals surface area contributed by atoms with Crippen LogP contribution >= 0.6 is 11.3 Å². The largest absolute Gasteiger partial charge is 0.352 e. The predicted octanol–water partition coefficient (Wildman–Crippen LogP) is 2.15. The van der Waals surface area contributed by atoms with Crippen LogP contribution in [0.1, 0.15) is 23.2 Å². The van der Waals surface area contributed by atoms with Gasteiger partial charge in [-0.15, -0.1) is 11.3 Å². The molecule has 3 rings (SSSR count). The Morgan fingerprint density at radius 3 is 2.52 bits per heavy atom. The van der Waals surface area contributed by atoms with Crippen molar-refractivity contribution >= 4 is 33.8 Å². The minimum Gasteiger partial charge on any atom is -0.352 e. The van der Waals surface area contributed by atoms with E-state index in [-0.39, 0.29) is 0 Å². The summed E-state index contributed by atoms with van der Waals surface area (Å²) in [6.45, 7) is 9.57. The Kier molecular flexibility index (Phi) is 3.80. The van der Waals surface area contributed by atoms with Crippen LogP contribution in [0.2, 0.25) is 0 Å². The van der Waals surface area contributed by atoms with Crippen molar-refractivity contribution in [3.05, 3.63) is 16.3 Å². The molecule has 1 fully saturated rings. The zero-order valence-corrected chi connectivity index (χ0v) is 13.5. The van der Waals surface area contributed by atoms with Gasteiger partial charge in [-0.05, 0) is 19.4 Å². The van der Waals surface area contributed by atoms with Crippen molar-refractivity contribution in [3.63, 3.8) is 0 Å². The molecule has 0 spiro atoms. The summed E-state index contributed by atoms with van der Waals surface area (Å²) in [7, 11) is 0. The van der Waals surface area contributed by atoms with Gasteiger partial charge in [-0.3, -0.25) is 4.79 Å². The lowest BCUT2D eigenvalue weighted by Crippen LogP contribution is -2.46. The summed E-state index contributed by atoms with van der Waals surface area (Å²) < 4.78 is 0. The van der Waals surface area contributed by atoms with Gasteiger partial charge in [-0.1, -0.05) is 6.92 Å². The number of aryl methyl sites for hydroxylation is 3. The van der Waals surface area contributed by atoms with E-state index in [0.29, 0.717) is 0 Å². The molecule has 2 aromatic rings. The van der Waals surface area contributed by atoms with E-state index >= 15 is 0 Å². The number of thiophene rings is 1. The lowest BCUT2D eigenvalue weighted by atomic mass is 10.2. The molecule has 2 aromatic heterocycles. The number of rotatable bonds is 3. The molecule has 6 heteroatoms. The van der Waals surface area contributed by atoms with Crippen LogP contribution in [0.15, 0.2) is 0 Å². The molecule has 0 aromatic carbocycles. The van der Waals surface area contributed by atoms with Crippen molar-refractivity contribution in [2.75, 3.05) is 31.1 Å². The summed E-state index contributed by atoms with van der Waals surface area (Å²) in [5, 5.41) is 1.19. The fourth-order valence-corrected chi connectivity index (χ4v) is 3.74. The van der Waals surface area contributed by atoms with Crippen LogP contribution in [0, 0.1) is 13.8 Å². The van der Waals surface area contributed by atoms with Crippen molar-refractivity contribution in [2.24, 2.45) is 0 Å². The van der Waals surface area contributed by atoms with Crippen molar-refractivity contribution in [2.45, 2.75) is 27.2 Å². The molecule has 0 bridgehead atoms. The van der Waals surface area contributed by atoms with Gasteiger partial charge in [0.15, 0.2) is 0 Å². The Labute approximate surface area is 128 Å². The summed E-state index contributed by atoms with van der Waals surface area (Å²) in [6.07, 6.45) is 1.78. The SMILES string of the molecule is CCc1nc(N2CCN(C=O)CC2)c2c(C)c(C)sc2n1. The van der Waals surface area contributed by atoms with Crippen LogP contribution in [0.5, 0.6) is 0 Å². The molecule has 5 nitrogen and oxygen atoms in total. The van der Waals surface area contributed by atoms with Crippen LogP contribution in [0.4, 0.5) is 5.82 Å². The maximum Gasteiger partial charge on any atom is 0.209 e. The van der Waals surface area contributed by atoms with Gasteiger partial charge >= 0.3 is 0 Å². The van der Waals surface area contributed by atoms with Crippen molar-refractivity contribution < 1.29 is 4.79 Å². The van der Waals surface area contributed by atoms with Gasteiger partial charge in [0, 0.05) is 37.5 Å². The fourth-order valence-electron chi connectivity index (χ4n) is 2.70. The lowest BCUT2D eigenvalue weighted by molar-refractivity contribution is -0.118. The first-order chi connectivity index (χ1) is 10.1. The maximum absolute atomic E-state index is 10.9. The molecule has 0 aliphatic carbocycles. The molecule has 1 amide bonds. The molecule has 21 heavy (non-hydrogen) atoms. The number of amides is 1. The summed E-state index contributed by atoms with van der Waals surface area (Å²) in [4.78, 5) is 26.8. The molecule has 112 valence electrons. The van der Waals surface area contributed by atoms with Gasteiger partial charge in [0.25, 0.3) is 0 Å². The van der Waals surface area contributed by atoms with E-state index in [1.165, 1.54) is 15.8 Å². The Balaban J connectivity index is 2.06. The van der Waals surface area contributed by atoms with Crippen LogP contribution in [0.3, 0.4) is 0 Å². The Morgan fingerprint density at radius 2 is 1.90 bits per heavy atom. The summed E-state index contributed by atoms with van der Waals surface area (Å²) in [5.41, 5.74) is 1.28. The van der Waals surface area contributed by atoms with Crippen LogP contribution in [-0.4, -0.2) is 47.5 Å². The summed E-state index contributed by atoms with van der Waals surface area (Å²) in [6, 6.07) is 0. The summed E-state index contributed by atoms with van der Waals surface area (Å²) >= 11 is 1.75. The monoisotopic (exact) mass is 304 g/mol. The first-order valence-electron chi connectivity index (χ1n) is 7.35. The second-order valence-corrected chi connectivity index (χ2v) is 6.61. The van der Waals surface area contributed by atoms with Crippen LogP contribution in [-0.2, 0) is 11.2 Å². The quantitative estimate of drug-likeness (QED) is 0.815. The molecule has 0 radical (unpaired) electrons. The zero-order chi connectivity index (χ0) is 15.0. The second-order valence-electron chi connectivity index (χ2n) is 5.41. The molecule has 0 atom stereocenters. The molecule has 3 heterocycles. The Morgan fingerprint density at radius 1 is 1.19 bits per heavy atom. The van der Waals surface area contributed by atoms with Crippen LogP contribution < -0.4 is 4.90 Å². The smallest absolute Gasteiger partial charge is 0.209 e. The van der Waals surface area contributed by atoms with Crippen molar-refractivity contribution in [3.8, 4) is 0 Å². The maximum atomic E-state index is 10.9. The first kappa shape index (κ1) is 14.3. The van der Waals surface area contributed by atoms with Gasteiger partial charge in [-0.2, -0.15) is 0 Å². The van der Waals surface area contributed by atoms with E-state index in [4.69, 9.17) is 4.98 Å². The molecule has 0 N–H and O–H groups in total. The van der Waals surface area contributed by atoms with E-state index in [0.717, 1.165) is 55.5 Å². The lowest BCUT2D eigenvalue weighted by Gasteiger charge is -2.33. The standard InChI is InChI=1S/C15H20N4OS/c1-4-12-16-14(19-7-5-18(9-20)6-8-19)13-10(2)11(3)21-15(13)17-12/h9H,4-8H2,1-3H3. The van der Waals surface area contributed by atoms with Crippen LogP contribution in [0.25, 0.3) is 10.2 Å². The number of anilines is 1. The zero-order valence-electron chi connectivity index (χ0n) is 12.7. The average molecular weight is 304 g/mol. The van der Waals surface area contributed by atoms with Gasteiger partial charge in [-0.25, -0.2) is 9.97 Å². The number of piperazine rings is 1. The molecule has 1 saturated heterocycles. The highest BCUT2D eigenvalue weighted by molar-refractivity contribution is 7.18. The molecule has 0 saturated carbocycles. The third-order valence-electron chi connectivity index (χ3n) is 4.13. The van der Waals surface area contributed by atoms with E-state index in [9.17, 15) is 4.79 Å². The minimum absolute atomic E-state index is 0.763. The average Bonchev–Trinajstić information content (AvgIpc) is 2.81. The normalized spacial score (nSPS) is 15.8. The molecular weight excluding hydrogens is 284 g/mol. The van der Waals surface area contributed by atoms with Gasteiger partial charge < -0.3 is 9.80 Å². The summed E-state index contributed by atoms with van der Waals surface area (Å²) in [5.74, 6) is 1.95. The highest BCUT2D eigenvalue weighted by Gasteiger charge is 2.22. The Bertz CT molecular complexity index is 674. The third kappa shape index (κ3) is 2.48. The molecule has 1 aliphatic heterocycles. The fraction of sp³-hybridized carbons (Fsp3) is 0.533. The first-order valence-corrected chi connectivity index (χ1v) is 8.16. The number of aromatic nitrogens is 2. The molecular formula is C15H20N4OS. The van der Waals surface area contributed by atoms with Gasteiger partial charge in [0.2, 0.25) is 6.41 Å². The number of fused-ring (bicyclic) bond motifs is 1. The van der Waals surface area contributed by atoms with Gasteiger partial charge in [0.05, 0.1) is 5.39 Å². The van der Waals surface area contributed by atoms with Crippen molar-refractivity contribution in [1.29, 1.82) is 0 Å². The number of hydrogen-bond acceptors (Lipinski definition) is 5. The molecule has 1 aliphatic rings. The topological polar surface area (TPSA) is 49.3 Å². The highest BCUT2D eigenvalue weighted by atomic mass is 32.1. The number of carbonyl (C=O) groups is 1. The van der Waals surface area contributed by atoms with E-state index < -0.39 is 0 Å². The second kappa shape index (κ2) is 5.60. The minimum atomic E-state index is 0.763. The Hall–Kier alpha value is -1.69. The molecule has 0 unspecified atom stereocenters.